The molecule has 0 radical (unpaired) electrons. The molecule has 2 aliphatic rings. The first-order valence-electron chi connectivity index (χ1n) is 7.85. The van der Waals surface area contributed by atoms with E-state index in [9.17, 15) is 4.39 Å². The van der Waals surface area contributed by atoms with Gasteiger partial charge < -0.3 is 14.2 Å². The van der Waals surface area contributed by atoms with Gasteiger partial charge in [-0.3, -0.25) is 0 Å². The van der Waals surface area contributed by atoms with E-state index in [1.54, 1.807) is 12.4 Å². The van der Waals surface area contributed by atoms with Crippen molar-refractivity contribution >= 4 is 18.5 Å². The Morgan fingerprint density at radius 1 is 1.18 bits per heavy atom. The molecule has 2 aliphatic heterocycles. The van der Waals surface area contributed by atoms with Crippen molar-refractivity contribution in [2.24, 2.45) is 0 Å². The Bertz CT molecular complexity index is 522. The van der Waals surface area contributed by atoms with Crippen LogP contribution in [0.5, 0.6) is 0 Å². The van der Waals surface area contributed by atoms with Gasteiger partial charge in [-0.2, -0.15) is 0 Å². The average Bonchev–Trinajstić information content (AvgIpc) is 2.68. The monoisotopic (exact) mass is 307 g/mol. The van der Waals surface area contributed by atoms with Gasteiger partial charge in [-0.1, -0.05) is 0 Å². The molecule has 3 rings (SSSR count). The van der Waals surface area contributed by atoms with E-state index in [0.29, 0.717) is 18.9 Å². The summed E-state index contributed by atoms with van der Waals surface area (Å²) in [6.07, 6.45) is 4.10. The molecular weight excluding hydrogens is 284 g/mol. The van der Waals surface area contributed by atoms with E-state index >= 15 is 0 Å². The van der Waals surface area contributed by atoms with Gasteiger partial charge in [-0.25, -0.2) is 14.4 Å². The minimum absolute atomic E-state index is 0.371. The van der Waals surface area contributed by atoms with Crippen molar-refractivity contribution in [3.63, 3.8) is 0 Å². The lowest BCUT2D eigenvalue weighted by molar-refractivity contribution is 0.00578. The van der Waals surface area contributed by atoms with Crippen LogP contribution in [0.25, 0.3) is 0 Å². The van der Waals surface area contributed by atoms with Crippen molar-refractivity contribution in [3.05, 3.63) is 12.4 Å². The number of aromatic nitrogens is 2. The number of anilines is 1. The van der Waals surface area contributed by atoms with Gasteiger partial charge in [0.15, 0.2) is 0 Å². The van der Waals surface area contributed by atoms with Crippen molar-refractivity contribution in [2.75, 3.05) is 18.0 Å². The maximum Gasteiger partial charge on any atom is 0.498 e. The Morgan fingerprint density at radius 3 is 2.32 bits per heavy atom. The van der Waals surface area contributed by atoms with Crippen LogP contribution in [-0.4, -0.2) is 47.5 Å². The van der Waals surface area contributed by atoms with Crippen LogP contribution in [0.2, 0.25) is 0 Å². The molecule has 2 fully saturated rings. The molecular formula is C15H23BFN3O2. The molecule has 22 heavy (non-hydrogen) atoms. The number of alkyl halides is 1. The standard InChI is InChI=1S/C15H23BFN3O2/c1-14(2)15(3,4)22-16(21-14)11-8-18-13(19-9-11)20-7-5-6-12(17)10-20/h8-9,12H,5-7,10H2,1-4H3. The third-order valence-electron chi connectivity index (χ3n) is 4.83. The molecule has 0 aromatic carbocycles. The van der Waals surface area contributed by atoms with Crippen molar-refractivity contribution in [3.8, 4) is 0 Å². The summed E-state index contributed by atoms with van der Waals surface area (Å²) in [5, 5.41) is 0. The highest BCUT2D eigenvalue weighted by Gasteiger charge is 2.52. The zero-order valence-corrected chi connectivity index (χ0v) is 13.7. The first-order valence-corrected chi connectivity index (χ1v) is 7.85. The van der Waals surface area contributed by atoms with Crippen LogP contribution in [0.3, 0.4) is 0 Å². The highest BCUT2D eigenvalue weighted by molar-refractivity contribution is 6.61. The van der Waals surface area contributed by atoms with Crippen molar-refractivity contribution in [1.82, 2.24) is 9.97 Å². The zero-order chi connectivity index (χ0) is 16.0. The fraction of sp³-hybridized carbons (Fsp3) is 0.733. The molecule has 5 nitrogen and oxygen atoms in total. The van der Waals surface area contributed by atoms with Crippen LogP contribution in [0.4, 0.5) is 10.3 Å². The third kappa shape index (κ3) is 2.84. The molecule has 0 N–H and O–H groups in total. The Hall–Kier alpha value is -1.21. The van der Waals surface area contributed by atoms with Gasteiger partial charge in [0, 0.05) is 24.4 Å². The van der Waals surface area contributed by atoms with E-state index in [2.05, 4.69) is 9.97 Å². The van der Waals surface area contributed by atoms with Crippen LogP contribution in [-0.2, 0) is 9.31 Å². The van der Waals surface area contributed by atoms with Gasteiger partial charge in [-0.05, 0) is 40.5 Å². The lowest BCUT2D eigenvalue weighted by Gasteiger charge is -2.32. The van der Waals surface area contributed by atoms with Crippen LogP contribution >= 0.6 is 0 Å². The molecule has 0 saturated carbocycles. The molecule has 0 spiro atoms. The second-order valence-corrected chi connectivity index (χ2v) is 7.09. The Morgan fingerprint density at radius 2 is 1.77 bits per heavy atom. The minimum Gasteiger partial charge on any atom is -0.399 e. The van der Waals surface area contributed by atoms with E-state index < -0.39 is 13.3 Å². The molecule has 1 aromatic heterocycles. The normalized spacial score (nSPS) is 27.2. The molecule has 1 atom stereocenters. The van der Waals surface area contributed by atoms with Crippen molar-refractivity contribution in [1.29, 1.82) is 0 Å². The van der Waals surface area contributed by atoms with E-state index in [1.807, 2.05) is 32.6 Å². The molecule has 0 bridgehead atoms. The maximum absolute atomic E-state index is 13.5. The predicted molar refractivity (Wildman–Crippen MR) is 84.1 cm³/mol. The zero-order valence-electron chi connectivity index (χ0n) is 13.7. The van der Waals surface area contributed by atoms with Crippen molar-refractivity contribution in [2.45, 2.75) is 57.9 Å². The van der Waals surface area contributed by atoms with Gasteiger partial charge in [0.25, 0.3) is 0 Å². The second kappa shape index (κ2) is 5.46. The summed E-state index contributed by atoms with van der Waals surface area (Å²) in [6.45, 7) is 9.22. The number of hydrogen-bond acceptors (Lipinski definition) is 5. The Labute approximate surface area is 131 Å². The molecule has 1 aromatic rings. The quantitative estimate of drug-likeness (QED) is 0.779. The summed E-state index contributed by atoms with van der Waals surface area (Å²) in [6, 6.07) is 0. The second-order valence-electron chi connectivity index (χ2n) is 7.09. The van der Waals surface area contributed by atoms with Crippen LogP contribution in [0.15, 0.2) is 12.4 Å². The summed E-state index contributed by atoms with van der Waals surface area (Å²) in [5.74, 6) is 0.572. The lowest BCUT2D eigenvalue weighted by Crippen LogP contribution is -2.41. The van der Waals surface area contributed by atoms with E-state index in [0.717, 1.165) is 18.4 Å². The summed E-state index contributed by atoms with van der Waals surface area (Å²) in [5.41, 5.74) is 0.0196. The third-order valence-corrected chi connectivity index (χ3v) is 4.83. The maximum atomic E-state index is 13.5. The van der Waals surface area contributed by atoms with Crippen molar-refractivity contribution < 1.29 is 13.7 Å². The summed E-state index contributed by atoms with van der Waals surface area (Å²) < 4.78 is 25.4. The first kappa shape index (κ1) is 15.7. The Balaban J connectivity index is 1.72. The van der Waals surface area contributed by atoms with E-state index in [1.165, 1.54) is 0 Å². The highest BCUT2D eigenvalue weighted by atomic mass is 19.1. The van der Waals surface area contributed by atoms with Crippen LogP contribution in [0.1, 0.15) is 40.5 Å². The summed E-state index contributed by atoms with van der Waals surface area (Å²) >= 11 is 0. The predicted octanol–water partition coefficient (Wildman–Crippen LogP) is 1.71. The number of rotatable bonds is 2. The van der Waals surface area contributed by atoms with E-state index in [-0.39, 0.29) is 11.2 Å². The van der Waals surface area contributed by atoms with Crippen LogP contribution in [0, 0.1) is 0 Å². The largest absolute Gasteiger partial charge is 0.498 e. The van der Waals surface area contributed by atoms with Gasteiger partial charge in [-0.15, -0.1) is 0 Å². The molecule has 0 amide bonds. The van der Waals surface area contributed by atoms with Gasteiger partial charge in [0.2, 0.25) is 5.95 Å². The fourth-order valence-electron chi connectivity index (χ4n) is 2.70. The van der Waals surface area contributed by atoms with Crippen LogP contribution < -0.4 is 10.4 Å². The summed E-state index contributed by atoms with van der Waals surface area (Å²) in [4.78, 5) is 10.6. The topological polar surface area (TPSA) is 47.5 Å². The molecule has 3 heterocycles. The average molecular weight is 307 g/mol. The molecule has 7 heteroatoms. The minimum atomic E-state index is -0.792. The molecule has 1 unspecified atom stereocenters. The van der Waals surface area contributed by atoms with Gasteiger partial charge in [0.05, 0.1) is 17.7 Å². The van der Waals surface area contributed by atoms with Gasteiger partial charge >= 0.3 is 7.12 Å². The number of piperidine rings is 1. The van der Waals surface area contributed by atoms with E-state index in [4.69, 9.17) is 9.31 Å². The molecule has 120 valence electrons. The fourth-order valence-corrected chi connectivity index (χ4v) is 2.70. The first-order chi connectivity index (χ1) is 10.3. The lowest BCUT2D eigenvalue weighted by atomic mass is 9.81. The Kier molecular flexibility index (Phi) is 3.89. The molecule has 0 aliphatic carbocycles. The smallest absolute Gasteiger partial charge is 0.399 e. The summed E-state index contributed by atoms with van der Waals surface area (Å²) in [7, 11) is -0.464. The highest BCUT2D eigenvalue weighted by Crippen LogP contribution is 2.36. The number of hydrogen-bond donors (Lipinski definition) is 0. The SMILES string of the molecule is CC1(C)OB(c2cnc(N3CCCC(F)C3)nc2)OC1(C)C. The number of nitrogens with zero attached hydrogens (tertiary/aromatic N) is 3. The van der Waals surface area contributed by atoms with Gasteiger partial charge in [0.1, 0.15) is 6.17 Å². The number of halogens is 1. The molecule has 2 saturated heterocycles.